The quantitative estimate of drug-likeness (QED) is 0.822. The molecule has 0 unspecified atom stereocenters. The Bertz CT molecular complexity index is 437. The zero-order chi connectivity index (χ0) is 11.4. The number of aryl methyl sites for hydroxylation is 1. The van der Waals surface area contributed by atoms with Gasteiger partial charge >= 0.3 is 0 Å². The van der Waals surface area contributed by atoms with Gasteiger partial charge in [-0.15, -0.1) is 11.8 Å². The van der Waals surface area contributed by atoms with Crippen LogP contribution in [0, 0.1) is 6.92 Å². The minimum Gasteiger partial charge on any atom is -0.399 e. The van der Waals surface area contributed by atoms with E-state index >= 15 is 0 Å². The highest BCUT2D eigenvalue weighted by molar-refractivity contribution is 7.98. The zero-order valence-electron chi connectivity index (χ0n) is 9.18. The van der Waals surface area contributed by atoms with Crippen molar-refractivity contribution >= 4 is 17.4 Å². The molecule has 0 saturated carbocycles. The summed E-state index contributed by atoms with van der Waals surface area (Å²) in [5.74, 6) is 0.929. The minimum atomic E-state index is 0.766. The Hall–Kier alpha value is -1.48. The van der Waals surface area contributed by atoms with Crippen LogP contribution in [0.1, 0.15) is 11.1 Å². The first-order chi connectivity index (χ1) is 7.74. The van der Waals surface area contributed by atoms with Crippen molar-refractivity contribution in [3.05, 3.63) is 53.7 Å². The fourth-order valence-corrected chi connectivity index (χ4v) is 2.31. The van der Waals surface area contributed by atoms with Crippen LogP contribution in [0.5, 0.6) is 0 Å². The molecule has 0 aliphatic carbocycles. The van der Waals surface area contributed by atoms with E-state index in [4.69, 9.17) is 5.73 Å². The highest BCUT2D eigenvalue weighted by Gasteiger charge is 1.98. The van der Waals surface area contributed by atoms with Gasteiger partial charge in [-0.1, -0.05) is 29.8 Å². The summed E-state index contributed by atoms with van der Waals surface area (Å²) >= 11 is 1.71. The number of aromatic nitrogens is 1. The summed E-state index contributed by atoms with van der Waals surface area (Å²) in [4.78, 5) is 4.26. The molecule has 1 aromatic carbocycles. The summed E-state index contributed by atoms with van der Waals surface area (Å²) in [5.41, 5.74) is 9.07. The van der Waals surface area contributed by atoms with Gasteiger partial charge < -0.3 is 5.73 Å². The van der Waals surface area contributed by atoms with E-state index in [-0.39, 0.29) is 0 Å². The molecular weight excluding hydrogens is 216 g/mol. The van der Waals surface area contributed by atoms with E-state index in [2.05, 4.69) is 36.2 Å². The molecule has 0 bridgehead atoms. The fraction of sp³-hybridized carbons (Fsp3) is 0.154. The van der Waals surface area contributed by atoms with Crippen LogP contribution in [0.2, 0.25) is 0 Å². The lowest BCUT2D eigenvalue weighted by atomic mass is 10.2. The first-order valence-corrected chi connectivity index (χ1v) is 6.12. The normalized spacial score (nSPS) is 10.3. The van der Waals surface area contributed by atoms with E-state index in [9.17, 15) is 0 Å². The highest BCUT2D eigenvalue weighted by atomic mass is 32.2. The van der Waals surface area contributed by atoms with Crippen LogP contribution in [0.3, 0.4) is 0 Å². The van der Waals surface area contributed by atoms with E-state index in [1.165, 1.54) is 11.1 Å². The molecule has 0 saturated heterocycles. The number of thioether (sulfide) groups is 1. The molecule has 2 nitrogen and oxygen atoms in total. The molecule has 16 heavy (non-hydrogen) atoms. The Morgan fingerprint density at radius 3 is 2.88 bits per heavy atom. The third kappa shape index (κ3) is 3.00. The van der Waals surface area contributed by atoms with Gasteiger partial charge in [-0.25, -0.2) is 4.98 Å². The molecule has 0 aliphatic heterocycles. The SMILES string of the molecule is Cc1cccc(CSc2cc(N)ccn2)c1. The number of nitrogens with two attached hydrogens (primary N) is 1. The number of benzene rings is 1. The number of anilines is 1. The van der Waals surface area contributed by atoms with Crippen LogP contribution in [-0.4, -0.2) is 4.98 Å². The molecule has 0 amide bonds. The molecule has 2 rings (SSSR count). The van der Waals surface area contributed by atoms with Crippen molar-refractivity contribution in [2.45, 2.75) is 17.7 Å². The molecular formula is C13H14N2S. The number of pyridine rings is 1. The van der Waals surface area contributed by atoms with Gasteiger partial charge in [0.1, 0.15) is 0 Å². The Morgan fingerprint density at radius 1 is 1.25 bits per heavy atom. The minimum absolute atomic E-state index is 0.766. The molecule has 0 fully saturated rings. The van der Waals surface area contributed by atoms with Crippen molar-refractivity contribution in [2.75, 3.05) is 5.73 Å². The first-order valence-electron chi connectivity index (χ1n) is 5.14. The van der Waals surface area contributed by atoms with Crippen molar-refractivity contribution in [3.8, 4) is 0 Å². The molecule has 2 aromatic rings. The molecule has 0 radical (unpaired) electrons. The van der Waals surface area contributed by atoms with Crippen molar-refractivity contribution in [3.63, 3.8) is 0 Å². The lowest BCUT2D eigenvalue weighted by Crippen LogP contribution is -1.88. The summed E-state index contributed by atoms with van der Waals surface area (Å²) in [6.07, 6.45) is 1.74. The first kappa shape index (κ1) is 11.0. The Balaban J connectivity index is 2.02. The van der Waals surface area contributed by atoms with Crippen molar-refractivity contribution in [2.24, 2.45) is 0 Å². The average Bonchev–Trinajstić information content (AvgIpc) is 2.27. The predicted molar refractivity (Wildman–Crippen MR) is 69.4 cm³/mol. The maximum Gasteiger partial charge on any atom is 0.0983 e. The van der Waals surface area contributed by atoms with E-state index in [0.29, 0.717) is 0 Å². The maximum absolute atomic E-state index is 5.70. The second kappa shape index (κ2) is 5.03. The van der Waals surface area contributed by atoms with Gasteiger partial charge in [-0.05, 0) is 24.6 Å². The number of nitrogen functional groups attached to an aromatic ring is 1. The van der Waals surface area contributed by atoms with Crippen LogP contribution in [0.4, 0.5) is 5.69 Å². The molecule has 1 heterocycles. The van der Waals surface area contributed by atoms with Gasteiger partial charge in [0.2, 0.25) is 0 Å². The van der Waals surface area contributed by atoms with Crippen LogP contribution in [0.25, 0.3) is 0 Å². The average molecular weight is 230 g/mol. The summed E-state index contributed by atoms with van der Waals surface area (Å²) in [6.45, 7) is 2.10. The Labute approximate surface area is 99.9 Å². The Morgan fingerprint density at radius 2 is 2.12 bits per heavy atom. The summed E-state index contributed by atoms with van der Waals surface area (Å²) in [7, 11) is 0. The zero-order valence-corrected chi connectivity index (χ0v) is 10.00. The van der Waals surface area contributed by atoms with Crippen LogP contribution >= 0.6 is 11.8 Å². The summed E-state index contributed by atoms with van der Waals surface area (Å²) < 4.78 is 0. The molecule has 2 N–H and O–H groups in total. The number of hydrogen-bond donors (Lipinski definition) is 1. The third-order valence-electron chi connectivity index (χ3n) is 2.23. The van der Waals surface area contributed by atoms with Gasteiger partial charge in [0.05, 0.1) is 5.03 Å². The van der Waals surface area contributed by atoms with E-state index < -0.39 is 0 Å². The van der Waals surface area contributed by atoms with E-state index in [1.807, 2.05) is 6.07 Å². The van der Waals surface area contributed by atoms with Gasteiger partial charge in [-0.2, -0.15) is 0 Å². The smallest absolute Gasteiger partial charge is 0.0983 e. The summed E-state index contributed by atoms with van der Waals surface area (Å²) in [5, 5.41) is 0.974. The Kier molecular flexibility index (Phi) is 3.47. The van der Waals surface area contributed by atoms with Gasteiger partial charge in [0, 0.05) is 17.6 Å². The standard InChI is InChI=1S/C13H14N2S/c1-10-3-2-4-11(7-10)9-16-13-8-12(14)5-6-15-13/h2-8H,9H2,1H3,(H2,14,15). The monoisotopic (exact) mass is 230 g/mol. The van der Waals surface area contributed by atoms with Crippen molar-refractivity contribution in [1.29, 1.82) is 0 Å². The molecule has 82 valence electrons. The second-order valence-corrected chi connectivity index (χ2v) is 4.70. The number of rotatable bonds is 3. The molecule has 0 aliphatic rings. The van der Waals surface area contributed by atoms with E-state index in [0.717, 1.165) is 16.5 Å². The highest BCUT2D eigenvalue weighted by Crippen LogP contribution is 2.22. The molecule has 0 spiro atoms. The number of nitrogens with zero attached hydrogens (tertiary/aromatic N) is 1. The van der Waals surface area contributed by atoms with Crippen LogP contribution < -0.4 is 5.73 Å². The van der Waals surface area contributed by atoms with Gasteiger partial charge in [-0.3, -0.25) is 0 Å². The largest absolute Gasteiger partial charge is 0.399 e. The molecule has 0 atom stereocenters. The second-order valence-electron chi connectivity index (χ2n) is 3.71. The molecule has 3 heteroatoms. The third-order valence-corrected chi connectivity index (χ3v) is 3.22. The van der Waals surface area contributed by atoms with Crippen LogP contribution in [-0.2, 0) is 5.75 Å². The number of hydrogen-bond acceptors (Lipinski definition) is 3. The van der Waals surface area contributed by atoms with Gasteiger partial charge in [0.25, 0.3) is 0 Å². The topological polar surface area (TPSA) is 38.9 Å². The van der Waals surface area contributed by atoms with E-state index in [1.54, 1.807) is 24.0 Å². The summed E-state index contributed by atoms with van der Waals surface area (Å²) in [6, 6.07) is 12.2. The van der Waals surface area contributed by atoms with Crippen molar-refractivity contribution in [1.82, 2.24) is 4.98 Å². The lowest BCUT2D eigenvalue weighted by molar-refractivity contribution is 1.13. The molecule has 1 aromatic heterocycles. The van der Waals surface area contributed by atoms with Gasteiger partial charge in [0.15, 0.2) is 0 Å². The lowest BCUT2D eigenvalue weighted by Gasteiger charge is -2.03. The predicted octanol–water partition coefficient (Wildman–Crippen LogP) is 3.26. The van der Waals surface area contributed by atoms with Crippen molar-refractivity contribution < 1.29 is 0 Å². The van der Waals surface area contributed by atoms with Crippen LogP contribution in [0.15, 0.2) is 47.6 Å². The fourth-order valence-electron chi connectivity index (χ4n) is 1.46. The maximum atomic E-state index is 5.70.